The third-order valence-corrected chi connectivity index (χ3v) is 8.78. The highest BCUT2D eigenvalue weighted by atomic mass is 32.1. The lowest BCUT2D eigenvalue weighted by Gasteiger charge is -2.56. The highest BCUT2D eigenvalue weighted by Crippen LogP contribution is 2.61. The van der Waals surface area contributed by atoms with Crippen LogP contribution in [0.5, 0.6) is 5.75 Å². The Kier molecular flexibility index (Phi) is 4.57. The van der Waals surface area contributed by atoms with Gasteiger partial charge in [-0.25, -0.2) is 4.98 Å². The minimum absolute atomic E-state index is 0.181. The van der Waals surface area contributed by atoms with Crippen molar-refractivity contribution in [3.05, 3.63) is 54.1 Å². The van der Waals surface area contributed by atoms with Crippen LogP contribution in [-0.2, 0) is 11.3 Å². The molecule has 1 amide bonds. The van der Waals surface area contributed by atoms with Gasteiger partial charge < -0.3 is 4.74 Å². The maximum Gasteiger partial charge on any atom is 0.235 e. The smallest absolute Gasteiger partial charge is 0.235 e. The van der Waals surface area contributed by atoms with Crippen molar-refractivity contribution in [3.8, 4) is 5.75 Å². The molecule has 7 rings (SSSR count). The van der Waals surface area contributed by atoms with Gasteiger partial charge in [0.15, 0.2) is 5.13 Å². The van der Waals surface area contributed by atoms with E-state index in [1.807, 2.05) is 41.3 Å². The van der Waals surface area contributed by atoms with Gasteiger partial charge in [0.1, 0.15) is 5.75 Å². The molecule has 31 heavy (non-hydrogen) atoms. The predicted molar refractivity (Wildman–Crippen MR) is 124 cm³/mol. The molecule has 4 nitrogen and oxygen atoms in total. The largest absolute Gasteiger partial charge is 0.497 e. The molecule has 5 heteroatoms. The summed E-state index contributed by atoms with van der Waals surface area (Å²) < 4.78 is 6.46. The van der Waals surface area contributed by atoms with Gasteiger partial charge in [-0.2, -0.15) is 0 Å². The first-order chi connectivity index (χ1) is 15.1. The second-order valence-corrected chi connectivity index (χ2v) is 10.9. The fourth-order valence-electron chi connectivity index (χ4n) is 6.79. The molecule has 0 unspecified atom stereocenters. The molecule has 3 aromatic rings. The summed E-state index contributed by atoms with van der Waals surface area (Å²) in [6.07, 6.45) is 7.23. The van der Waals surface area contributed by atoms with E-state index in [0.717, 1.165) is 63.7 Å². The van der Waals surface area contributed by atoms with Gasteiger partial charge >= 0.3 is 0 Å². The van der Waals surface area contributed by atoms with Crippen molar-refractivity contribution in [2.45, 2.75) is 45.1 Å². The SMILES string of the molecule is COc1ccc2nc(N(Cc3ccccc3)C(=O)C34CC5CC(CC(C5)C3)C4)sc2c1. The van der Waals surface area contributed by atoms with Crippen LogP contribution in [0.25, 0.3) is 10.2 Å². The van der Waals surface area contributed by atoms with E-state index >= 15 is 0 Å². The molecule has 4 aliphatic rings. The van der Waals surface area contributed by atoms with Crippen LogP contribution in [0.15, 0.2) is 48.5 Å². The van der Waals surface area contributed by atoms with Crippen molar-refractivity contribution >= 4 is 32.6 Å². The first kappa shape index (κ1) is 19.3. The van der Waals surface area contributed by atoms with E-state index in [2.05, 4.69) is 12.1 Å². The van der Waals surface area contributed by atoms with Crippen LogP contribution < -0.4 is 9.64 Å². The molecule has 0 atom stereocenters. The Hall–Kier alpha value is -2.40. The third kappa shape index (κ3) is 3.34. The second kappa shape index (κ2) is 7.33. The zero-order valence-corrected chi connectivity index (χ0v) is 18.7. The van der Waals surface area contributed by atoms with Crippen LogP contribution in [0.3, 0.4) is 0 Å². The Bertz CT molecular complexity index is 1090. The molecule has 1 aromatic heterocycles. The zero-order valence-electron chi connectivity index (χ0n) is 17.9. The maximum atomic E-state index is 14.3. The Morgan fingerprint density at radius 3 is 2.39 bits per heavy atom. The molecule has 4 fully saturated rings. The standard InChI is InChI=1S/C26H28N2O2S/c1-30-21-7-8-22-23(12-21)31-25(27-22)28(16-17-5-3-2-4-6-17)24(29)26-13-18-9-19(14-26)11-20(10-18)15-26/h2-8,12,18-20H,9-11,13-16H2,1H3. The zero-order chi connectivity index (χ0) is 21.0. The number of methoxy groups -OCH3 is 1. The Morgan fingerprint density at radius 1 is 1.06 bits per heavy atom. The minimum Gasteiger partial charge on any atom is -0.497 e. The first-order valence-electron chi connectivity index (χ1n) is 11.4. The molecule has 0 N–H and O–H groups in total. The van der Waals surface area contributed by atoms with E-state index in [-0.39, 0.29) is 5.41 Å². The summed E-state index contributed by atoms with van der Waals surface area (Å²) in [5.41, 5.74) is 1.90. The van der Waals surface area contributed by atoms with E-state index in [4.69, 9.17) is 9.72 Å². The van der Waals surface area contributed by atoms with Gasteiger partial charge in [-0.1, -0.05) is 41.7 Å². The van der Waals surface area contributed by atoms with Gasteiger partial charge in [0.05, 0.1) is 29.3 Å². The van der Waals surface area contributed by atoms with E-state index in [1.54, 1.807) is 18.4 Å². The molecule has 2 aromatic carbocycles. The average molecular weight is 433 g/mol. The Morgan fingerprint density at radius 2 is 1.74 bits per heavy atom. The monoisotopic (exact) mass is 432 g/mol. The normalized spacial score (nSPS) is 28.7. The molecule has 1 heterocycles. The quantitative estimate of drug-likeness (QED) is 0.492. The summed E-state index contributed by atoms with van der Waals surface area (Å²) in [5, 5.41) is 0.813. The Balaban J connectivity index is 1.40. The van der Waals surface area contributed by atoms with Crippen LogP contribution in [-0.4, -0.2) is 18.0 Å². The number of anilines is 1. The summed E-state index contributed by atoms with van der Waals surface area (Å²) in [5.74, 6) is 3.36. The van der Waals surface area contributed by atoms with Crippen molar-refractivity contribution in [1.82, 2.24) is 4.98 Å². The highest BCUT2D eigenvalue weighted by Gasteiger charge is 2.56. The number of fused-ring (bicyclic) bond motifs is 1. The van der Waals surface area contributed by atoms with Gasteiger partial charge in [0.25, 0.3) is 0 Å². The maximum absolute atomic E-state index is 14.3. The number of carbonyl (C=O) groups excluding carboxylic acids is 1. The van der Waals surface area contributed by atoms with Gasteiger partial charge in [0, 0.05) is 0 Å². The van der Waals surface area contributed by atoms with Gasteiger partial charge in [0.2, 0.25) is 5.91 Å². The van der Waals surface area contributed by atoms with Crippen LogP contribution >= 0.6 is 11.3 Å². The first-order valence-corrected chi connectivity index (χ1v) is 12.2. The summed E-state index contributed by atoms with van der Waals surface area (Å²) in [6, 6.07) is 16.3. The lowest BCUT2D eigenvalue weighted by atomic mass is 9.49. The average Bonchev–Trinajstić information content (AvgIpc) is 3.19. The van der Waals surface area contributed by atoms with E-state index in [1.165, 1.54) is 19.3 Å². The molecule has 160 valence electrons. The number of aromatic nitrogens is 1. The van der Waals surface area contributed by atoms with Crippen LogP contribution in [0.1, 0.15) is 44.1 Å². The number of ether oxygens (including phenoxy) is 1. The number of carbonyl (C=O) groups is 1. The van der Waals surface area contributed by atoms with Crippen molar-refractivity contribution in [2.24, 2.45) is 23.2 Å². The number of amides is 1. The fraction of sp³-hybridized carbons (Fsp3) is 0.462. The lowest BCUT2D eigenvalue weighted by molar-refractivity contribution is -0.143. The minimum atomic E-state index is -0.181. The fourth-order valence-corrected chi connectivity index (χ4v) is 7.78. The summed E-state index contributed by atoms with van der Waals surface area (Å²) in [7, 11) is 1.68. The molecule has 4 aliphatic carbocycles. The van der Waals surface area contributed by atoms with Gasteiger partial charge in [-0.3, -0.25) is 9.69 Å². The van der Waals surface area contributed by atoms with Crippen molar-refractivity contribution in [2.75, 3.05) is 12.0 Å². The van der Waals surface area contributed by atoms with Gasteiger partial charge in [-0.05, 0) is 80.0 Å². The third-order valence-electron chi connectivity index (χ3n) is 7.74. The second-order valence-electron chi connectivity index (χ2n) is 9.90. The Labute approximate surface area is 187 Å². The summed E-state index contributed by atoms with van der Waals surface area (Å²) in [6.45, 7) is 0.582. The molecule has 0 radical (unpaired) electrons. The van der Waals surface area contributed by atoms with E-state index in [9.17, 15) is 4.79 Å². The number of benzene rings is 2. The molecule has 0 saturated heterocycles. The molecule has 4 bridgehead atoms. The predicted octanol–water partition coefficient (Wildman–Crippen LogP) is 6.05. The van der Waals surface area contributed by atoms with Crippen LogP contribution in [0.4, 0.5) is 5.13 Å². The van der Waals surface area contributed by atoms with Crippen molar-refractivity contribution < 1.29 is 9.53 Å². The highest BCUT2D eigenvalue weighted by molar-refractivity contribution is 7.22. The number of rotatable bonds is 5. The summed E-state index contributed by atoms with van der Waals surface area (Å²) >= 11 is 1.60. The number of hydrogen-bond donors (Lipinski definition) is 0. The molecule has 4 saturated carbocycles. The van der Waals surface area contributed by atoms with Gasteiger partial charge in [-0.15, -0.1) is 0 Å². The van der Waals surface area contributed by atoms with Crippen molar-refractivity contribution in [1.29, 1.82) is 0 Å². The molecular formula is C26H28N2O2S. The number of thiazole rings is 1. The molecule has 0 spiro atoms. The molecular weight excluding hydrogens is 404 g/mol. The van der Waals surface area contributed by atoms with E-state index < -0.39 is 0 Å². The van der Waals surface area contributed by atoms with E-state index in [0.29, 0.717) is 12.5 Å². The van der Waals surface area contributed by atoms with Crippen molar-refractivity contribution in [3.63, 3.8) is 0 Å². The molecule has 0 aliphatic heterocycles. The number of nitrogens with zero attached hydrogens (tertiary/aromatic N) is 2. The van der Waals surface area contributed by atoms with Crippen LogP contribution in [0.2, 0.25) is 0 Å². The van der Waals surface area contributed by atoms with Crippen LogP contribution in [0, 0.1) is 23.2 Å². The lowest BCUT2D eigenvalue weighted by Crippen LogP contribution is -2.54. The topological polar surface area (TPSA) is 42.4 Å². The summed E-state index contributed by atoms with van der Waals surface area (Å²) in [4.78, 5) is 21.2. The number of hydrogen-bond acceptors (Lipinski definition) is 4.